The third-order valence-corrected chi connectivity index (χ3v) is 1.33. The first kappa shape index (κ1) is 7.81. The number of nitrogens with two attached hydrogens (primary N) is 1. The van der Waals surface area contributed by atoms with Gasteiger partial charge in [-0.1, -0.05) is 12.2 Å². The van der Waals surface area contributed by atoms with Crippen molar-refractivity contribution in [2.24, 2.45) is 5.73 Å². The third-order valence-electron chi connectivity index (χ3n) is 1.15. The van der Waals surface area contributed by atoms with Gasteiger partial charge in [-0.05, 0) is 12.1 Å². The first-order chi connectivity index (χ1) is 5.22. The Morgan fingerprint density at radius 3 is 2.82 bits per heavy atom. The molecule has 0 aliphatic heterocycles. The quantitative estimate of drug-likeness (QED) is 0.515. The molecule has 0 saturated heterocycles. The zero-order valence-electron chi connectivity index (χ0n) is 5.65. The fourth-order valence-electron chi connectivity index (χ4n) is 0.639. The van der Waals surface area contributed by atoms with E-state index in [0.717, 1.165) is 0 Å². The molecule has 0 aromatic carbocycles. The number of thiocarbonyl (C=S) groups is 1. The minimum absolute atomic E-state index is 0.127. The number of hydrogen-bond donors (Lipinski definition) is 1. The van der Waals surface area contributed by atoms with Crippen LogP contribution >= 0.6 is 12.2 Å². The molecule has 0 amide bonds. The maximum absolute atomic E-state index is 11.0. The predicted molar refractivity (Wildman–Crippen MR) is 45.4 cm³/mol. The molecule has 0 aliphatic carbocycles. The average Bonchev–Trinajstić information content (AvgIpc) is 2.05. The van der Waals surface area contributed by atoms with E-state index >= 15 is 0 Å². The van der Waals surface area contributed by atoms with E-state index in [-0.39, 0.29) is 10.8 Å². The van der Waals surface area contributed by atoms with Crippen LogP contribution in [0, 0.1) is 0 Å². The number of nitrogens with zero attached hydrogens (tertiary/aromatic N) is 1. The molecule has 0 aliphatic rings. The Labute approximate surface area is 69.2 Å². The number of pyridine rings is 1. The molecule has 56 valence electrons. The van der Waals surface area contributed by atoms with E-state index < -0.39 is 0 Å². The summed E-state index contributed by atoms with van der Waals surface area (Å²) in [7, 11) is 0. The molecule has 0 atom stereocenters. The summed E-state index contributed by atoms with van der Waals surface area (Å²) in [5.74, 6) is -0.340. The van der Waals surface area contributed by atoms with E-state index in [9.17, 15) is 4.79 Å². The van der Waals surface area contributed by atoms with Crippen LogP contribution in [0.5, 0.6) is 0 Å². The molecule has 0 bridgehead atoms. The number of rotatable bonds is 2. The summed E-state index contributed by atoms with van der Waals surface area (Å²) in [6.45, 7) is 0. The molecule has 0 fully saturated rings. The van der Waals surface area contributed by atoms with Crippen LogP contribution in [0.4, 0.5) is 0 Å². The van der Waals surface area contributed by atoms with Gasteiger partial charge in [-0.25, -0.2) is 0 Å². The van der Waals surface area contributed by atoms with E-state index in [1.807, 2.05) is 0 Å². The van der Waals surface area contributed by atoms with Crippen LogP contribution in [0.1, 0.15) is 10.4 Å². The predicted octanol–water partition coefficient (Wildman–Crippen LogP) is 0.550. The van der Waals surface area contributed by atoms with Crippen LogP contribution in [0.25, 0.3) is 0 Å². The molecule has 11 heavy (non-hydrogen) atoms. The van der Waals surface area contributed by atoms with Gasteiger partial charge >= 0.3 is 0 Å². The second-order valence-electron chi connectivity index (χ2n) is 1.94. The molecule has 0 saturated carbocycles. The van der Waals surface area contributed by atoms with Gasteiger partial charge in [0.2, 0.25) is 5.78 Å². The zero-order valence-corrected chi connectivity index (χ0v) is 6.47. The Morgan fingerprint density at radius 2 is 2.36 bits per heavy atom. The highest BCUT2D eigenvalue weighted by Gasteiger charge is 2.06. The molecule has 4 heteroatoms. The zero-order chi connectivity index (χ0) is 8.27. The molecule has 3 nitrogen and oxygen atoms in total. The summed E-state index contributed by atoms with van der Waals surface area (Å²) < 4.78 is 0. The minimum atomic E-state index is -0.340. The van der Waals surface area contributed by atoms with Crippen LogP contribution in [0.3, 0.4) is 0 Å². The van der Waals surface area contributed by atoms with Crippen molar-refractivity contribution in [3.63, 3.8) is 0 Å². The number of ketones is 1. The van der Waals surface area contributed by atoms with Crippen molar-refractivity contribution in [2.75, 3.05) is 0 Å². The normalized spacial score (nSPS) is 9.09. The molecule has 0 radical (unpaired) electrons. The van der Waals surface area contributed by atoms with Gasteiger partial charge in [-0.15, -0.1) is 0 Å². The minimum Gasteiger partial charge on any atom is -0.387 e. The monoisotopic (exact) mass is 166 g/mol. The Bertz CT molecular complexity index is 284. The van der Waals surface area contributed by atoms with Crippen LogP contribution in [0.15, 0.2) is 24.5 Å². The van der Waals surface area contributed by atoms with Gasteiger partial charge < -0.3 is 5.73 Å². The Kier molecular flexibility index (Phi) is 2.28. The van der Waals surface area contributed by atoms with Gasteiger partial charge in [0, 0.05) is 18.0 Å². The number of hydrogen-bond acceptors (Lipinski definition) is 3. The van der Waals surface area contributed by atoms with Gasteiger partial charge in [0.05, 0.1) is 0 Å². The second kappa shape index (κ2) is 3.21. The summed E-state index contributed by atoms with van der Waals surface area (Å²) in [5, 5.41) is 0. The summed E-state index contributed by atoms with van der Waals surface area (Å²) in [5.41, 5.74) is 5.55. The SMILES string of the molecule is NC(=S)C(=O)c1cccnc1. The Hall–Kier alpha value is -1.29. The largest absolute Gasteiger partial charge is 0.387 e. The third kappa shape index (κ3) is 1.81. The first-order valence-corrected chi connectivity index (χ1v) is 3.37. The average molecular weight is 166 g/mol. The summed E-state index contributed by atoms with van der Waals surface area (Å²) in [6.07, 6.45) is 3.01. The van der Waals surface area contributed by atoms with Crippen molar-refractivity contribution in [1.82, 2.24) is 4.98 Å². The van der Waals surface area contributed by atoms with Crippen molar-refractivity contribution in [3.8, 4) is 0 Å². The molecule has 1 aromatic rings. The number of aromatic nitrogens is 1. The second-order valence-corrected chi connectivity index (χ2v) is 2.37. The number of carbonyl (C=O) groups is 1. The highest BCUT2D eigenvalue weighted by atomic mass is 32.1. The molecule has 0 unspecified atom stereocenters. The lowest BCUT2D eigenvalue weighted by molar-refractivity contribution is 0.106. The maximum atomic E-state index is 11.0. The smallest absolute Gasteiger partial charge is 0.221 e. The Morgan fingerprint density at radius 1 is 1.64 bits per heavy atom. The molecule has 2 N–H and O–H groups in total. The fourth-order valence-corrected chi connectivity index (χ4v) is 0.757. The van der Waals surface area contributed by atoms with Crippen LogP contribution < -0.4 is 5.73 Å². The summed E-state index contributed by atoms with van der Waals surface area (Å²) in [4.78, 5) is 14.7. The van der Waals surface area contributed by atoms with E-state index in [1.54, 1.807) is 18.3 Å². The van der Waals surface area contributed by atoms with Gasteiger partial charge in [0.1, 0.15) is 4.99 Å². The van der Waals surface area contributed by atoms with Crippen molar-refractivity contribution < 1.29 is 4.79 Å². The number of carbonyl (C=O) groups excluding carboxylic acids is 1. The van der Waals surface area contributed by atoms with Crippen LogP contribution in [0.2, 0.25) is 0 Å². The van der Waals surface area contributed by atoms with E-state index in [0.29, 0.717) is 5.56 Å². The lowest BCUT2D eigenvalue weighted by Gasteiger charge is -1.94. The van der Waals surface area contributed by atoms with Gasteiger partial charge in [-0.3, -0.25) is 9.78 Å². The molecule has 1 aromatic heterocycles. The van der Waals surface area contributed by atoms with E-state index in [4.69, 9.17) is 5.73 Å². The summed E-state index contributed by atoms with van der Waals surface area (Å²) >= 11 is 4.50. The lowest BCUT2D eigenvalue weighted by Crippen LogP contribution is -2.20. The highest BCUT2D eigenvalue weighted by molar-refractivity contribution is 7.82. The van der Waals surface area contributed by atoms with Crippen LogP contribution in [-0.4, -0.2) is 15.8 Å². The first-order valence-electron chi connectivity index (χ1n) is 2.96. The highest BCUT2D eigenvalue weighted by Crippen LogP contribution is 1.96. The maximum Gasteiger partial charge on any atom is 0.221 e. The van der Waals surface area contributed by atoms with Crippen molar-refractivity contribution in [1.29, 1.82) is 0 Å². The van der Waals surface area contributed by atoms with Crippen LogP contribution in [-0.2, 0) is 0 Å². The van der Waals surface area contributed by atoms with Crippen molar-refractivity contribution in [3.05, 3.63) is 30.1 Å². The lowest BCUT2D eigenvalue weighted by atomic mass is 10.2. The molecular weight excluding hydrogens is 160 g/mol. The molecule has 0 spiro atoms. The molecule has 1 heterocycles. The molecular formula is C7H6N2OS. The topological polar surface area (TPSA) is 56.0 Å². The molecule has 1 rings (SSSR count). The summed E-state index contributed by atoms with van der Waals surface area (Å²) in [6, 6.07) is 3.28. The van der Waals surface area contributed by atoms with Crippen molar-refractivity contribution >= 4 is 23.0 Å². The van der Waals surface area contributed by atoms with Gasteiger partial charge in [-0.2, -0.15) is 0 Å². The van der Waals surface area contributed by atoms with E-state index in [1.165, 1.54) is 6.20 Å². The standard InChI is InChI=1S/C7H6N2OS/c8-7(11)6(10)5-2-1-3-9-4-5/h1-4H,(H2,8,11). The van der Waals surface area contributed by atoms with Crippen molar-refractivity contribution in [2.45, 2.75) is 0 Å². The van der Waals surface area contributed by atoms with E-state index in [2.05, 4.69) is 17.2 Å². The Balaban J connectivity index is 2.95. The number of Topliss-reactive ketones (excluding diaryl/α,β-unsaturated/α-hetero) is 1. The fraction of sp³-hybridized carbons (Fsp3) is 0. The van der Waals surface area contributed by atoms with Gasteiger partial charge in [0.15, 0.2) is 0 Å². The van der Waals surface area contributed by atoms with Gasteiger partial charge in [0.25, 0.3) is 0 Å².